The normalized spacial score (nSPS) is 12.6. The first-order valence-electron chi connectivity index (χ1n) is 21.1. The first-order chi connectivity index (χ1) is 30.7. The van der Waals surface area contributed by atoms with Crippen molar-refractivity contribution in [1.82, 2.24) is 15.0 Å². The number of hydrogen-bond acceptors (Lipinski definition) is 6. The summed E-state index contributed by atoms with van der Waals surface area (Å²) in [6.45, 7) is -2.43. The summed E-state index contributed by atoms with van der Waals surface area (Å²) in [6, 6.07) is 48.6. The fourth-order valence-electron chi connectivity index (χ4n) is 7.21. The van der Waals surface area contributed by atoms with Crippen LogP contribution in [-0.2, 0) is 35.8 Å². The number of benzene rings is 5. The summed E-state index contributed by atoms with van der Waals surface area (Å²) in [7, 11) is -6.10. The first kappa shape index (κ1) is 37.1. The molecule has 61 heavy (non-hydrogen) atoms. The number of rotatable bonds is 13. The molecule has 6 nitrogen and oxygen atoms in total. The standard InChI is InChI=1S/C51H40F3N3O3S/c1-35-12-27-49(57-34-35)42-25-26-46(50(33-42)60-61(58,59)51(52,53)54)45-9-3-2-8-44(45)43-31-38(15-13-36-17-21-40(22-18-36)47-10-4-6-28-55-47)30-39(32-43)16-14-37-19-23-41(24-20-37)48-11-5-7-29-56-48/h2-12,17-34H,13-16H2,1H3/i1D3. The maximum absolute atomic E-state index is 13.9. The summed E-state index contributed by atoms with van der Waals surface area (Å²) in [5.41, 5.74) is 4.80. The van der Waals surface area contributed by atoms with Gasteiger partial charge < -0.3 is 4.18 Å². The second kappa shape index (κ2) is 17.7. The van der Waals surface area contributed by atoms with Crippen LogP contribution < -0.4 is 4.18 Å². The molecule has 0 aliphatic rings. The van der Waals surface area contributed by atoms with Crippen LogP contribution in [0.5, 0.6) is 5.75 Å². The van der Waals surface area contributed by atoms with Crippen LogP contribution in [0.2, 0.25) is 0 Å². The maximum atomic E-state index is 13.9. The molecular weight excluding hydrogens is 792 g/mol. The highest BCUT2D eigenvalue weighted by atomic mass is 32.2. The summed E-state index contributed by atoms with van der Waals surface area (Å²) < 4.78 is 94.7. The van der Waals surface area contributed by atoms with E-state index in [2.05, 4.69) is 81.7 Å². The van der Waals surface area contributed by atoms with Gasteiger partial charge >= 0.3 is 15.6 Å². The van der Waals surface area contributed by atoms with E-state index in [1.807, 2.05) is 48.5 Å². The van der Waals surface area contributed by atoms with Crippen molar-refractivity contribution in [2.45, 2.75) is 38.0 Å². The van der Waals surface area contributed by atoms with Gasteiger partial charge in [0.05, 0.1) is 17.1 Å². The van der Waals surface area contributed by atoms with Crippen molar-refractivity contribution in [3.8, 4) is 61.8 Å². The quantitative estimate of drug-likeness (QED) is 0.0850. The summed E-state index contributed by atoms with van der Waals surface area (Å²) in [6.07, 6.45) is 7.52. The lowest BCUT2D eigenvalue weighted by molar-refractivity contribution is -0.0499. The van der Waals surface area contributed by atoms with Gasteiger partial charge in [-0.15, -0.1) is 0 Å². The van der Waals surface area contributed by atoms with E-state index in [1.165, 1.54) is 24.3 Å². The average molecular weight is 835 g/mol. The Morgan fingerprint density at radius 1 is 0.508 bits per heavy atom. The molecule has 0 saturated carbocycles. The zero-order valence-electron chi connectivity index (χ0n) is 35.7. The highest BCUT2D eigenvalue weighted by molar-refractivity contribution is 7.88. The largest absolute Gasteiger partial charge is 0.534 e. The van der Waals surface area contributed by atoms with E-state index in [9.17, 15) is 21.6 Å². The van der Waals surface area contributed by atoms with Gasteiger partial charge in [-0.25, -0.2) is 0 Å². The van der Waals surface area contributed by atoms with Gasteiger partial charge in [-0.2, -0.15) is 21.6 Å². The van der Waals surface area contributed by atoms with E-state index in [0.717, 1.165) is 69.4 Å². The second-order valence-electron chi connectivity index (χ2n) is 14.5. The van der Waals surface area contributed by atoms with Gasteiger partial charge in [0.2, 0.25) is 0 Å². The molecule has 304 valence electrons. The number of alkyl halides is 3. The molecule has 0 atom stereocenters. The van der Waals surface area contributed by atoms with Crippen LogP contribution in [0.3, 0.4) is 0 Å². The van der Waals surface area contributed by atoms with Crippen molar-refractivity contribution >= 4 is 10.1 Å². The Bertz CT molecular complexity index is 2880. The molecule has 3 aromatic heterocycles. The third kappa shape index (κ3) is 9.77. The van der Waals surface area contributed by atoms with Gasteiger partial charge in [0.1, 0.15) is 0 Å². The Morgan fingerprint density at radius 2 is 1.03 bits per heavy atom. The average Bonchev–Trinajstić information content (AvgIpc) is 3.30. The predicted molar refractivity (Wildman–Crippen MR) is 235 cm³/mol. The number of hydrogen-bond donors (Lipinski definition) is 0. The molecule has 8 aromatic rings. The lowest BCUT2D eigenvalue weighted by Gasteiger charge is -2.18. The molecule has 0 bridgehead atoms. The minimum atomic E-state index is -6.10. The number of aromatic nitrogens is 3. The van der Waals surface area contributed by atoms with Crippen molar-refractivity contribution in [1.29, 1.82) is 0 Å². The predicted octanol–water partition coefficient (Wildman–Crippen LogP) is 12.3. The van der Waals surface area contributed by atoms with Gasteiger partial charge in [-0.3, -0.25) is 15.0 Å². The van der Waals surface area contributed by atoms with Crippen molar-refractivity contribution < 1.29 is 29.9 Å². The molecule has 0 spiro atoms. The van der Waals surface area contributed by atoms with Crippen molar-refractivity contribution in [3.63, 3.8) is 0 Å². The highest BCUT2D eigenvalue weighted by Gasteiger charge is 2.49. The summed E-state index contributed by atoms with van der Waals surface area (Å²) in [5, 5.41) is 0. The molecule has 0 fully saturated rings. The molecule has 0 aliphatic heterocycles. The van der Waals surface area contributed by atoms with Crippen LogP contribution in [0.25, 0.3) is 56.0 Å². The number of aryl methyl sites for hydroxylation is 5. The summed E-state index contributed by atoms with van der Waals surface area (Å²) in [5.74, 6) is -0.566. The van der Waals surface area contributed by atoms with Crippen molar-refractivity contribution in [2.24, 2.45) is 0 Å². The van der Waals surface area contributed by atoms with Gasteiger partial charge in [-0.05, 0) is 120 Å². The number of halogens is 3. The fraction of sp³-hybridized carbons (Fsp3) is 0.118. The Hall–Kier alpha value is -6.91. The van der Waals surface area contributed by atoms with Crippen LogP contribution in [0.15, 0.2) is 176 Å². The SMILES string of the molecule is [2H]C([2H])([2H])c1ccc(-c2ccc(-c3ccccc3-c3cc(CCc4ccc(-c5ccccn5)cc4)cc(CCc4ccc(-c5ccccn5)cc4)c3)c(OS(=O)(=O)C(F)(F)F)c2)nc1. The molecule has 0 amide bonds. The van der Waals surface area contributed by atoms with Crippen LogP contribution >= 0.6 is 0 Å². The van der Waals surface area contributed by atoms with E-state index in [-0.39, 0.29) is 22.4 Å². The van der Waals surface area contributed by atoms with E-state index in [0.29, 0.717) is 24.0 Å². The van der Waals surface area contributed by atoms with E-state index in [1.54, 1.807) is 30.6 Å². The molecule has 0 saturated heterocycles. The molecule has 0 N–H and O–H groups in total. The summed E-state index contributed by atoms with van der Waals surface area (Å²) in [4.78, 5) is 13.1. The van der Waals surface area contributed by atoms with Gasteiger partial charge in [0.15, 0.2) is 5.75 Å². The second-order valence-corrected chi connectivity index (χ2v) is 16.1. The van der Waals surface area contributed by atoms with Gasteiger partial charge in [0, 0.05) is 45.0 Å². The highest BCUT2D eigenvalue weighted by Crippen LogP contribution is 2.42. The molecule has 8 rings (SSSR count). The minimum Gasteiger partial charge on any atom is -0.375 e. The topological polar surface area (TPSA) is 82.0 Å². The zero-order chi connectivity index (χ0) is 44.9. The number of pyridine rings is 3. The van der Waals surface area contributed by atoms with E-state index in [4.69, 9.17) is 8.30 Å². The maximum Gasteiger partial charge on any atom is 0.534 e. The first-order valence-corrected chi connectivity index (χ1v) is 21.0. The Kier molecular flexibility index (Phi) is 10.8. The zero-order valence-corrected chi connectivity index (χ0v) is 33.5. The van der Waals surface area contributed by atoms with Gasteiger partial charge in [-0.1, -0.05) is 115 Å². The van der Waals surface area contributed by atoms with Crippen LogP contribution in [-0.4, -0.2) is 28.9 Å². The molecule has 0 radical (unpaired) electrons. The lowest BCUT2D eigenvalue weighted by Crippen LogP contribution is -2.28. The Balaban J connectivity index is 1.16. The van der Waals surface area contributed by atoms with Crippen molar-refractivity contribution in [2.75, 3.05) is 0 Å². The Morgan fingerprint density at radius 3 is 1.54 bits per heavy atom. The third-order valence-corrected chi connectivity index (χ3v) is 11.3. The molecular formula is C51H40F3N3O3S. The lowest BCUT2D eigenvalue weighted by atomic mass is 9.89. The van der Waals surface area contributed by atoms with Crippen LogP contribution in [0, 0.1) is 6.85 Å². The molecule has 0 unspecified atom stereocenters. The van der Waals surface area contributed by atoms with E-state index < -0.39 is 28.2 Å². The van der Waals surface area contributed by atoms with Gasteiger partial charge in [0.25, 0.3) is 0 Å². The van der Waals surface area contributed by atoms with Crippen molar-refractivity contribution in [3.05, 3.63) is 204 Å². The Labute approximate surface area is 357 Å². The molecule has 3 heterocycles. The molecule has 0 aliphatic carbocycles. The monoisotopic (exact) mass is 834 g/mol. The molecule has 5 aromatic carbocycles. The summed E-state index contributed by atoms with van der Waals surface area (Å²) >= 11 is 0. The minimum absolute atomic E-state index is 0.0310. The third-order valence-electron chi connectivity index (χ3n) is 10.3. The van der Waals surface area contributed by atoms with Crippen LogP contribution in [0.4, 0.5) is 13.2 Å². The van der Waals surface area contributed by atoms with Crippen LogP contribution in [0.1, 0.15) is 31.9 Å². The molecule has 10 heteroatoms. The number of nitrogens with zero attached hydrogens (tertiary/aromatic N) is 3. The fourth-order valence-corrected chi connectivity index (χ4v) is 7.68. The smallest absolute Gasteiger partial charge is 0.375 e. The van der Waals surface area contributed by atoms with E-state index >= 15 is 0 Å².